The third kappa shape index (κ3) is 2.97. The molecule has 0 saturated heterocycles. The highest BCUT2D eigenvalue weighted by molar-refractivity contribution is 6.40. The molecule has 4 nitrogen and oxygen atoms in total. The number of anilines is 1. The molecule has 2 aromatic carbocycles. The lowest BCUT2D eigenvalue weighted by molar-refractivity contribution is -0.137. The van der Waals surface area contributed by atoms with Gasteiger partial charge in [-0.25, -0.2) is 0 Å². The molecule has 1 N–H and O–H groups in total. The lowest BCUT2D eigenvalue weighted by atomic mass is 10.2. The fraction of sp³-hybridized carbons (Fsp3) is 0.176. The van der Waals surface area contributed by atoms with Crippen LogP contribution in [-0.4, -0.2) is 18.4 Å². The number of para-hydroxylation sites is 1. The van der Waals surface area contributed by atoms with Crippen LogP contribution in [0.3, 0.4) is 0 Å². The Kier molecular flexibility index (Phi) is 4.11. The summed E-state index contributed by atoms with van der Waals surface area (Å²) in [6, 6.07) is 14.8. The summed E-state index contributed by atoms with van der Waals surface area (Å²) < 4.78 is 0. The molecule has 1 aliphatic rings. The number of halogens is 1. The second-order valence-corrected chi connectivity index (χ2v) is 5.58. The minimum atomic E-state index is -0.591. The quantitative estimate of drug-likeness (QED) is 0.866. The monoisotopic (exact) mass is 314 g/mol. The van der Waals surface area contributed by atoms with E-state index < -0.39 is 11.8 Å². The second-order valence-electron chi connectivity index (χ2n) is 5.14. The first kappa shape index (κ1) is 14.6. The summed E-state index contributed by atoms with van der Waals surface area (Å²) in [6.07, 6.45) is 0.784. The molecular weight excluding hydrogens is 300 g/mol. The van der Waals surface area contributed by atoms with Crippen LogP contribution in [0.2, 0.25) is 5.02 Å². The maximum Gasteiger partial charge on any atom is 0.316 e. The summed E-state index contributed by atoms with van der Waals surface area (Å²) in [5, 5.41) is 3.29. The van der Waals surface area contributed by atoms with Crippen molar-refractivity contribution in [3.8, 4) is 0 Å². The van der Waals surface area contributed by atoms with Gasteiger partial charge in [-0.05, 0) is 35.7 Å². The van der Waals surface area contributed by atoms with Crippen LogP contribution in [-0.2, 0) is 22.6 Å². The Hall–Kier alpha value is -2.33. The lowest BCUT2D eigenvalue weighted by Gasteiger charge is -2.16. The zero-order valence-electron chi connectivity index (χ0n) is 11.9. The Bertz CT molecular complexity index is 713. The van der Waals surface area contributed by atoms with E-state index in [0.29, 0.717) is 18.1 Å². The van der Waals surface area contributed by atoms with Crippen molar-refractivity contribution in [3.63, 3.8) is 0 Å². The van der Waals surface area contributed by atoms with E-state index in [-0.39, 0.29) is 0 Å². The van der Waals surface area contributed by atoms with Crippen LogP contribution in [0.15, 0.2) is 48.5 Å². The summed E-state index contributed by atoms with van der Waals surface area (Å²) in [5.74, 6) is -1.11. The average Bonchev–Trinajstić information content (AvgIpc) is 2.97. The Morgan fingerprint density at radius 1 is 1.09 bits per heavy atom. The molecular formula is C17H15ClN2O2. The van der Waals surface area contributed by atoms with Crippen LogP contribution in [0.5, 0.6) is 0 Å². The minimum absolute atomic E-state index is 0.303. The van der Waals surface area contributed by atoms with E-state index in [0.717, 1.165) is 23.2 Å². The van der Waals surface area contributed by atoms with Crippen molar-refractivity contribution in [2.45, 2.75) is 13.0 Å². The van der Waals surface area contributed by atoms with Gasteiger partial charge in [-0.2, -0.15) is 0 Å². The zero-order valence-corrected chi connectivity index (χ0v) is 12.6. The minimum Gasteiger partial charge on any atom is -0.344 e. The maximum absolute atomic E-state index is 12.3. The number of rotatable bonds is 2. The molecule has 2 amide bonds. The van der Waals surface area contributed by atoms with Crippen molar-refractivity contribution >= 4 is 29.1 Å². The van der Waals surface area contributed by atoms with Crippen molar-refractivity contribution in [1.82, 2.24) is 5.32 Å². The molecule has 1 heterocycles. The summed E-state index contributed by atoms with van der Waals surface area (Å²) in [6.45, 7) is 0.851. The number of nitrogens with one attached hydrogen (secondary N) is 1. The second kappa shape index (κ2) is 6.20. The number of nitrogens with zero attached hydrogens (tertiary/aromatic N) is 1. The standard InChI is InChI=1S/C17H15ClN2O2/c18-14-7-5-12(6-8-14)11-19-16(21)17(22)20-10-9-13-3-1-2-4-15(13)20/h1-8H,9-11H2,(H,19,21). The van der Waals surface area contributed by atoms with Crippen molar-refractivity contribution in [3.05, 3.63) is 64.7 Å². The first-order valence-corrected chi connectivity index (χ1v) is 7.45. The average molecular weight is 315 g/mol. The Morgan fingerprint density at radius 3 is 2.59 bits per heavy atom. The predicted molar refractivity (Wildman–Crippen MR) is 85.8 cm³/mol. The molecule has 0 spiro atoms. The van der Waals surface area contributed by atoms with Crippen molar-refractivity contribution < 1.29 is 9.59 Å². The van der Waals surface area contributed by atoms with Gasteiger partial charge in [0.2, 0.25) is 0 Å². The van der Waals surface area contributed by atoms with E-state index in [4.69, 9.17) is 11.6 Å². The molecule has 0 aliphatic carbocycles. The zero-order chi connectivity index (χ0) is 15.5. The number of fused-ring (bicyclic) bond motifs is 1. The molecule has 0 saturated carbocycles. The summed E-state index contributed by atoms with van der Waals surface area (Å²) in [7, 11) is 0. The van der Waals surface area contributed by atoms with Gasteiger partial charge < -0.3 is 10.2 Å². The molecule has 0 unspecified atom stereocenters. The fourth-order valence-corrected chi connectivity index (χ4v) is 2.66. The van der Waals surface area contributed by atoms with Crippen LogP contribution in [0, 0.1) is 0 Å². The molecule has 22 heavy (non-hydrogen) atoms. The van der Waals surface area contributed by atoms with Crippen LogP contribution < -0.4 is 10.2 Å². The van der Waals surface area contributed by atoms with E-state index in [1.165, 1.54) is 4.90 Å². The fourth-order valence-electron chi connectivity index (χ4n) is 2.53. The van der Waals surface area contributed by atoms with E-state index in [1.54, 1.807) is 12.1 Å². The molecule has 0 aromatic heterocycles. The number of benzene rings is 2. The predicted octanol–water partition coefficient (Wildman–Crippen LogP) is 2.55. The van der Waals surface area contributed by atoms with Gasteiger partial charge >= 0.3 is 11.8 Å². The topological polar surface area (TPSA) is 49.4 Å². The van der Waals surface area contributed by atoms with Crippen molar-refractivity contribution in [2.75, 3.05) is 11.4 Å². The molecule has 112 valence electrons. The molecule has 0 fully saturated rings. The third-order valence-corrected chi connectivity index (χ3v) is 3.94. The highest BCUT2D eigenvalue weighted by Crippen LogP contribution is 2.27. The number of carbonyl (C=O) groups is 2. The summed E-state index contributed by atoms with van der Waals surface area (Å²) in [5.41, 5.74) is 2.82. The van der Waals surface area contributed by atoms with Gasteiger partial charge in [0, 0.05) is 23.8 Å². The first-order chi connectivity index (χ1) is 10.6. The molecule has 3 rings (SSSR count). The van der Waals surface area contributed by atoms with Crippen molar-refractivity contribution in [1.29, 1.82) is 0 Å². The van der Waals surface area contributed by atoms with Gasteiger partial charge in [0.1, 0.15) is 0 Å². The van der Waals surface area contributed by atoms with Gasteiger partial charge in [-0.3, -0.25) is 9.59 Å². The number of hydrogen-bond acceptors (Lipinski definition) is 2. The molecule has 1 aliphatic heterocycles. The number of carbonyl (C=O) groups excluding carboxylic acids is 2. The summed E-state index contributed by atoms with van der Waals surface area (Å²) >= 11 is 5.81. The van der Waals surface area contributed by atoms with Crippen LogP contribution in [0.1, 0.15) is 11.1 Å². The number of amides is 2. The van der Waals surface area contributed by atoms with E-state index in [2.05, 4.69) is 5.32 Å². The van der Waals surface area contributed by atoms with E-state index >= 15 is 0 Å². The van der Waals surface area contributed by atoms with Gasteiger partial charge in [0.05, 0.1) is 0 Å². The van der Waals surface area contributed by atoms with E-state index in [9.17, 15) is 9.59 Å². The molecule has 0 atom stereocenters. The maximum atomic E-state index is 12.3. The third-order valence-electron chi connectivity index (χ3n) is 3.69. The van der Waals surface area contributed by atoms with Crippen LogP contribution in [0.25, 0.3) is 0 Å². The largest absolute Gasteiger partial charge is 0.344 e. The SMILES string of the molecule is O=C(NCc1ccc(Cl)cc1)C(=O)N1CCc2ccccc21. The van der Waals surface area contributed by atoms with Crippen molar-refractivity contribution in [2.24, 2.45) is 0 Å². The van der Waals surface area contributed by atoms with Gasteiger partial charge in [-0.1, -0.05) is 41.9 Å². The van der Waals surface area contributed by atoms with Gasteiger partial charge in [-0.15, -0.1) is 0 Å². The smallest absolute Gasteiger partial charge is 0.316 e. The van der Waals surface area contributed by atoms with Gasteiger partial charge in [0.15, 0.2) is 0 Å². The first-order valence-electron chi connectivity index (χ1n) is 7.07. The van der Waals surface area contributed by atoms with Gasteiger partial charge in [0.25, 0.3) is 0 Å². The van der Waals surface area contributed by atoms with Crippen LogP contribution >= 0.6 is 11.6 Å². The van der Waals surface area contributed by atoms with Crippen LogP contribution in [0.4, 0.5) is 5.69 Å². The number of hydrogen-bond donors (Lipinski definition) is 1. The van der Waals surface area contributed by atoms with E-state index in [1.807, 2.05) is 36.4 Å². The highest BCUT2D eigenvalue weighted by Gasteiger charge is 2.28. The summed E-state index contributed by atoms with van der Waals surface area (Å²) in [4.78, 5) is 25.9. The lowest BCUT2D eigenvalue weighted by Crippen LogP contribution is -2.42. The molecule has 0 bridgehead atoms. The molecule has 2 aromatic rings. The molecule has 0 radical (unpaired) electrons. The Morgan fingerprint density at radius 2 is 1.82 bits per heavy atom. The molecule has 5 heteroatoms. The Balaban J connectivity index is 1.63. The Labute approximate surface area is 133 Å². The highest BCUT2D eigenvalue weighted by atomic mass is 35.5. The normalized spacial score (nSPS) is 12.9.